The molecule has 0 amide bonds. The zero-order valence-electron chi connectivity index (χ0n) is 10.5. The van der Waals surface area contributed by atoms with Gasteiger partial charge in [-0.3, -0.25) is 4.57 Å². The van der Waals surface area contributed by atoms with E-state index in [0.29, 0.717) is 9.79 Å². The standard InChI is InChI=1S/C14H10BrClN2OS/c1-19-9-3-4-10(15)13(7-9)18-12-5-2-8(16)6-11(12)17-14(18)20/h2-7H,1H3,(H,17,20). The normalized spacial score (nSPS) is 10.9. The number of ether oxygens (including phenoxy) is 1. The fourth-order valence-electron chi connectivity index (χ4n) is 2.11. The summed E-state index contributed by atoms with van der Waals surface area (Å²) >= 11 is 15.0. The number of H-pyrrole nitrogens is 1. The molecule has 2 aromatic carbocycles. The molecule has 1 N–H and O–H groups in total. The number of halogens is 2. The monoisotopic (exact) mass is 368 g/mol. The number of benzene rings is 2. The molecular formula is C14H10BrClN2OS. The Hall–Kier alpha value is -1.30. The first-order valence-corrected chi connectivity index (χ1v) is 7.42. The number of imidazole rings is 1. The third-order valence-electron chi connectivity index (χ3n) is 3.04. The summed E-state index contributed by atoms with van der Waals surface area (Å²) in [6.07, 6.45) is 0. The maximum atomic E-state index is 6.01. The summed E-state index contributed by atoms with van der Waals surface area (Å²) in [4.78, 5) is 3.16. The van der Waals surface area contributed by atoms with Crippen molar-refractivity contribution in [2.75, 3.05) is 7.11 Å². The Labute approximate surface area is 134 Å². The summed E-state index contributed by atoms with van der Waals surface area (Å²) in [5.41, 5.74) is 2.79. The van der Waals surface area contributed by atoms with Crippen LogP contribution in [0.3, 0.4) is 0 Å². The smallest absolute Gasteiger partial charge is 0.182 e. The molecule has 0 saturated carbocycles. The molecule has 0 aliphatic rings. The third-order valence-corrected chi connectivity index (χ3v) is 4.23. The van der Waals surface area contributed by atoms with Crippen LogP contribution in [0.1, 0.15) is 0 Å². The first-order chi connectivity index (χ1) is 9.60. The SMILES string of the molecule is COc1ccc(Br)c(-n2c(=S)[nH]c3cc(Cl)ccc32)c1. The van der Waals surface area contributed by atoms with Gasteiger partial charge in [0.15, 0.2) is 4.77 Å². The van der Waals surface area contributed by atoms with Crippen molar-refractivity contribution in [1.82, 2.24) is 9.55 Å². The van der Waals surface area contributed by atoms with Crippen LogP contribution < -0.4 is 4.74 Å². The molecule has 3 rings (SSSR count). The number of methoxy groups -OCH3 is 1. The van der Waals surface area contributed by atoms with Gasteiger partial charge in [-0.1, -0.05) is 11.6 Å². The molecule has 3 aromatic rings. The van der Waals surface area contributed by atoms with Crippen molar-refractivity contribution in [3.63, 3.8) is 0 Å². The topological polar surface area (TPSA) is 29.9 Å². The molecule has 0 radical (unpaired) electrons. The number of nitrogens with zero attached hydrogens (tertiary/aromatic N) is 1. The predicted molar refractivity (Wildman–Crippen MR) is 87.7 cm³/mol. The van der Waals surface area contributed by atoms with E-state index in [4.69, 9.17) is 28.6 Å². The number of hydrogen-bond acceptors (Lipinski definition) is 2. The zero-order chi connectivity index (χ0) is 14.3. The van der Waals surface area contributed by atoms with Gasteiger partial charge in [0.25, 0.3) is 0 Å². The van der Waals surface area contributed by atoms with Crippen molar-refractivity contribution in [2.45, 2.75) is 0 Å². The van der Waals surface area contributed by atoms with E-state index in [-0.39, 0.29) is 0 Å². The lowest BCUT2D eigenvalue weighted by atomic mass is 10.2. The highest BCUT2D eigenvalue weighted by Crippen LogP contribution is 2.30. The van der Waals surface area contributed by atoms with Crippen molar-refractivity contribution >= 4 is 50.8 Å². The van der Waals surface area contributed by atoms with Crippen LogP contribution in [0.2, 0.25) is 5.02 Å². The summed E-state index contributed by atoms with van der Waals surface area (Å²) < 4.78 is 8.77. The molecule has 0 spiro atoms. The molecule has 0 aliphatic heterocycles. The van der Waals surface area contributed by atoms with Crippen molar-refractivity contribution in [2.24, 2.45) is 0 Å². The van der Waals surface area contributed by atoms with Crippen LogP contribution in [0.25, 0.3) is 16.7 Å². The highest BCUT2D eigenvalue weighted by Gasteiger charge is 2.11. The van der Waals surface area contributed by atoms with Crippen molar-refractivity contribution in [1.29, 1.82) is 0 Å². The average Bonchev–Trinajstić information content (AvgIpc) is 2.74. The maximum absolute atomic E-state index is 6.01. The minimum atomic E-state index is 0.608. The Morgan fingerprint density at radius 2 is 2.05 bits per heavy atom. The zero-order valence-corrected chi connectivity index (χ0v) is 13.6. The fourth-order valence-corrected chi connectivity index (χ4v) is 3.02. The molecule has 3 nitrogen and oxygen atoms in total. The van der Waals surface area contributed by atoms with Gasteiger partial charge in [0.05, 0.1) is 23.8 Å². The molecule has 0 unspecified atom stereocenters. The molecule has 0 bridgehead atoms. The van der Waals surface area contributed by atoms with Gasteiger partial charge in [0.2, 0.25) is 0 Å². The number of aromatic amines is 1. The fraction of sp³-hybridized carbons (Fsp3) is 0.0714. The molecule has 102 valence electrons. The lowest BCUT2D eigenvalue weighted by Crippen LogP contribution is -1.96. The van der Waals surface area contributed by atoms with Gasteiger partial charge in [-0.2, -0.15) is 0 Å². The molecule has 0 atom stereocenters. The van der Waals surface area contributed by atoms with Crippen LogP contribution in [0.4, 0.5) is 0 Å². The summed E-state index contributed by atoms with van der Waals surface area (Å²) in [6, 6.07) is 11.4. The Balaban J connectivity index is 2.34. The number of hydrogen-bond donors (Lipinski definition) is 1. The largest absolute Gasteiger partial charge is 0.497 e. The van der Waals surface area contributed by atoms with Crippen molar-refractivity contribution in [3.05, 3.63) is 50.7 Å². The first-order valence-electron chi connectivity index (χ1n) is 5.84. The average molecular weight is 370 g/mol. The van der Waals surface area contributed by atoms with E-state index in [1.54, 1.807) is 7.11 Å². The number of aromatic nitrogens is 2. The Bertz CT molecular complexity index is 856. The van der Waals surface area contributed by atoms with Gasteiger partial charge in [-0.05, 0) is 58.5 Å². The highest BCUT2D eigenvalue weighted by molar-refractivity contribution is 9.10. The van der Waals surface area contributed by atoms with Gasteiger partial charge in [-0.15, -0.1) is 0 Å². The van der Waals surface area contributed by atoms with E-state index < -0.39 is 0 Å². The van der Waals surface area contributed by atoms with Gasteiger partial charge < -0.3 is 9.72 Å². The molecule has 20 heavy (non-hydrogen) atoms. The predicted octanol–water partition coefficient (Wildman–Crippen LogP) is 5.11. The van der Waals surface area contributed by atoms with Gasteiger partial charge in [-0.25, -0.2) is 0 Å². The summed E-state index contributed by atoms with van der Waals surface area (Å²) in [7, 11) is 1.64. The number of rotatable bonds is 2. The molecule has 1 heterocycles. The second kappa shape index (κ2) is 5.24. The van der Waals surface area contributed by atoms with E-state index in [9.17, 15) is 0 Å². The molecule has 6 heteroatoms. The van der Waals surface area contributed by atoms with E-state index in [1.165, 1.54) is 0 Å². The summed E-state index contributed by atoms with van der Waals surface area (Å²) in [5.74, 6) is 0.772. The van der Waals surface area contributed by atoms with Crippen molar-refractivity contribution < 1.29 is 4.74 Å². The minimum absolute atomic E-state index is 0.608. The third kappa shape index (κ3) is 2.26. The van der Waals surface area contributed by atoms with Crippen molar-refractivity contribution in [3.8, 4) is 11.4 Å². The lowest BCUT2D eigenvalue weighted by molar-refractivity contribution is 0.414. The van der Waals surface area contributed by atoms with Gasteiger partial charge in [0, 0.05) is 15.6 Å². The number of fused-ring (bicyclic) bond motifs is 1. The van der Waals surface area contributed by atoms with Crippen LogP contribution >= 0.6 is 39.7 Å². The summed E-state index contributed by atoms with van der Waals surface area (Å²) in [6.45, 7) is 0. The lowest BCUT2D eigenvalue weighted by Gasteiger charge is -2.09. The Morgan fingerprint density at radius 1 is 1.25 bits per heavy atom. The van der Waals surface area contributed by atoms with E-state index in [2.05, 4.69) is 20.9 Å². The maximum Gasteiger partial charge on any atom is 0.182 e. The molecule has 0 fully saturated rings. The first kappa shape index (κ1) is 13.7. The van der Waals surface area contributed by atoms with Crippen LogP contribution in [-0.2, 0) is 0 Å². The van der Waals surface area contributed by atoms with E-state index in [1.807, 2.05) is 41.0 Å². The van der Waals surface area contributed by atoms with Crippen LogP contribution in [0.5, 0.6) is 5.75 Å². The highest BCUT2D eigenvalue weighted by atomic mass is 79.9. The summed E-state index contributed by atoms with van der Waals surface area (Å²) in [5, 5.41) is 0.672. The molecule has 0 aliphatic carbocycles. The molecule has 1 aromatic heterocycles. The van der Waals surface area contributed by atoms with Gasteiger partial charge >= 0.3 is 0 Å². The Morgan fingerprint density at radius 3 is 2.80 bits per heavy atom. The molecular weight excluding hydrogens is 360 g/mol. The van der Waals surface area contributed by atoms with E-state index in [0.717, 1.165) is 26.9 Å². The second-order valence-corrected chi connectivity index (χ2v) is 5.92. The van der Waals surface area contributed by atoms with Crippen LogP contribution in [0.15, 0.2) is 40.9 Å². The molecule has 0 saturated heterocycles. The van der Waals surface area contributed by atoms with Crippen LogP contribution in [0, 0.1) is 4.77 Å². The quantitative estimate of drug-likeness (QED) is 0.636. The van der Waals surface area contributed by atoms with Gasteiger partial charge in [0.1, 0.15) is 5.75 Å². The second-order valence-electron chi connectivity index (χ2n) is 4.24. The number of nitrogens with one attached hydrogen (secondary N) is 1. The minimum Gasteiger partial charge on any atom is -0.497 e. The van der Waals surface area contributed by atoms with E-state index >= 15 is 0 Å². The van der Waals surface area contributed by atoms with Crippen LogP contribution in [-0.4, -0.2) is 16.7 Å². The Kier molecular flexibility index (Phi) is 3.58.